The Bertz CT molecular complexity index is 384. The van der Waals surface area contributed by atoms with E-state index in [1.807, 2.05) is 19.3 Å². The van der Waals surface area contributed by atoms with E-state index < -0.39 is 7.26 Å². The fraction of sp³-hybridized carbons (Fsp3) is 0.750. The average Bonchev–Trinajstić information content (AvgIpc) is 2.62. The van der Waals surface area contributed by atoms with Crippen LogP contribution in [-0.4, -0.2) is 41.7 Å². The number of amides is 1. The Labute approximate surface area is 149 Å². The van der Waals surface area contributed by atoms with Gasteiger partial charge < -0.3 is 4.74 Å². The molecular formula is C20H37NO2P+. The first-order valence-electron chi connectivity index (χ1n) is 9.81. The Hall–Kier alpha value is -0.820. The molecule has 0 bridgehead atoms. The first kappa shape index (κ1) is 21.2. The molecule has 138 valence electrons. The first-order valence-corrected chi connectivity index (χ1v) is 12.2. The minimum absolute atomic E-state index is 0.275. The van der Waals surface area contributed by atoms with Gasteiger partial charge >= 0.3 is 6.09 Å². The van der Waals surface area contributed by atoms with Gasteiger partial charge in [0.25, 0.3) is 0 Å². The molecule has 0 spiro atoms. The molecule has 0 fully saturated rings. The SMILES string of the molecule is CCCC[P+](CCCC)(CCCC)C1C=CN(C(=O)OCC)C=C1. The maximum atomic E-state index is 11.9. The molecule has 24 heavy (non-hydrogen) atoms. The van der Waals surface area contributed by atoms with E-state index in [0.717, 1.165) is 0 Å². The minimum atomic E-state index is -1.05. The van der Waals surface area contributed by atoms with E-state index in [4.69, 9.17) is 4.74 Å². The number of hydrogen-bond donors (Lipinski definition) is 0. The van der Waals surface area contributed by atoms with Crippen LogP contribution in [0.25, 0.3) is 0 Å². The molecule has 1 amide bonds. The highest BCUT2D eigenvalue weighted by Crippen LogP contribution is 2.65. The molecule has 0 aliphatic carbocycles. The van der Waals surface area contributed by atoms with Crippen LogP contribution in [0.1, 0.15) is 66.2 Å². The second-order valence-electron chi connectivity index (χ2n) is 6.73. The minimum Gasteiger partial charge on any atom is -0.449 e. The van der Waals surface area contributed by atoms with E-state index in [2.05, 4.69) is 32.9 Å². The fourth-order valence-corrected chi connectivity index (χ4v) is 8.65. The standard InChI is InChI=1S/C20H37NO2P/c1-5-9-16-24(17-10-6-2,18-11-7-3)19-12-14-21(15-13-19)20(22)23-8-4/h12-15,19H,5-11,16-18H2,1-4H3/q+1. The molecule has 3 nitrogen and oxygen atoms in total. The lowest BCUT2D eigenvalue weighted by molar-refractivity contribution is 0.133. The van der Waals surface area contributed by atoms with Gasteiger partial charge in [-0.25, -0.2) is 4.79 Å². The van der Waals surface area contributed by atoms with E-state index in [0.29, 0.717) is 12.3 Å². The first-order chi connectivity index (χ1) is 11.6. The summed E-state index contributed by atoms with van der Waals surface area (Å²) in [5.41, 5.74) is 0.535. The number of allylic oxidation sites excluding steroid dienone is 2. The molecule has 0 atom stereocenters. The van der Waals surface area contributed by atoms with Crippen LogP contribution in [0.3, 0.4) is 0 Å². The number of carbonyl (C=O) groups excluding carboxylic acids is 1. The van der Waals surface area contributed by atoms with Crippen LogP contribution in [0.15, 0.2) is 24.6 Å². The molecule has 1 aliphatic heterocycles. The maximum absolute atomic E-state index is 11.9. The summed E-state index contributed by atoms with van der Waals surface area (Å²) in [7, 11) is -1.05. The summed E-state index contributed by atoms with van der Waals surface area (Å²) in [4.78, 5) is 13.5. The van der Waals surface area contributed by atoms with E-state index in [1.165, 1.54) is 57.0 Å². The topological polar surface area (TPSA) is 29.5 Å². The predicted octanol–water partition coefficient (Wildman–Crippen LogP) is 6.27. The zero-order chi connectivity index (χ0) is 17.8. The summed E-state index contributed by atoms with van der Waals surface area (Å²) >= 11 is 0. The van der Waals surface area contributed by atoms with Crippen LogP contribution in [0.4, 0.5) is 4.79 Å². The Kier molecular flexibility index (Phi) is 10.3. The number of unbranched alkanes of at least 4 members (excludes halogenated alkanes) is 3. The highest BCUT2D eigenvalue weighted by Gasteiger charge is 2.42. The van der Waals surface area contributed by atoms with Crippen molar-refractivity contribution in [2.45, 2.75) is 71.9 Å². The third-order valence-corrected chi connectivity index (χ3v) is 10.1. The van der Waals surface area contributed by atoms with Crippen molar-refractivity contribution in [3.8, 4) is 0 Å². The zero-order valence-corrected chi connectivity index (χ0v) is 17.1. The smallest absolute Gasteiger partial charge is 0.417 e. The molecule has 0 aromatic carbocycles. The largest absolute Gasteiger partial charge is 0.449 e. The predicted molar refractivity (Wildman–Crippen MR) is 107 cm³/mol. The van der Waals surface area contributed by atoms with Crippen LogP contribution >= 0.6 is 7.26 Å². The van der Waals surface area contributed by atoms with Crippen molar-refractivity contribution in [2.24, 2.45) is 0 Å². The van der Waals surface area contributed by atoms with Crippen molar-refractivity contribution in [2.75, 3.05) is 25.1 Å². The summed E-state index contributed by atoms with van der Waals surface area (Å²) in [5, 5.41) is 0. The number of hydrogen-bond acceptors (Lipinski definition) is 2. The average molecular weight is 354 g/mol. The van der Waals surface area contributed by atoms with Crippen molar-refractivity contribution in [1.29, 1.82) is 0 Å². The Morgan fingerprint density at radius 3 is 1.75 bits per heavy atom. The lowest BCUT2D eigenvalue weighted by atomic mass is 10.3. The molecule has 1 heterocycles. The van der Waals surface area contributed by atoms with Crippen LogP contribution < -0.4 is 0 Å². The van der Waals surface area contributed by atoms with Crippen molar-refractivity contribution in [3.05, 3.63) is 24.6 Å². The molecule has 0 unspecified atom stereocenters. The molecule has 0 aromatic rings. The summed E-state index contributed by atoms with van der Waals surface area (Å²) in [6.07, 6.45) is 20.1. The zero-order valence-electron chi connectivity index (χ0n) is 16.2. The van der Waals surface area contributed by atoms with E-state index in [9.17, 15) is 4.79 Å². The monoisotopic (exact) mass is 354 g/mol. The highest BCUT2D eigenvalue weighted by atomic mass is 31.2. The van der Waals surface area contributed by atoms with Crippen molar-refractivity contribution in [3.63, 3.8) is 0 Å². The quantitative estimate of drug-likeness (QED) is 0.409. The highest BCUT2D eigenvalue weighted by molar-refractivity contribution is 7.76. The lowest BCUT2D eigenvalue weighted by Crippen LogP contribution is -2.27. The lowest BCUT2D eigenvalue weighted by Gasteiger charge is -2.34. The molecule has 0 saturated heterocycles. The summed E-state index contributed by atoms with van der Waals surface area (Å²) in [6.45, 7) is 9.14. The molecular weight excluding hydrogens is 317 g/mol. The van der Waals surface area contributed by atoms with E-state index >= 15 is 0 Å². The Morgan fingerprint density at radius 1 is 0.917 bits per heavy atom. The van der Waals surface area contributed by atoms with Crippen LogP contribution in [-0.2, 0) is 4.74 Å². The van der Waals surface area contributed by atoms with Gasteiger partial charge in [-0.3, -0.25) is 4.90 Å². The molecule has 1 aliphatic rings. The Morgan fingerprint density at radius 2 is 1.38 bits per heavy atom. The van der Waals surface area contributed by atoms with E-state index in [1.54, 1.807) is 4.90 Å². The van der Waals surface area contributed by atoms with Gasteiger partial charge in [0, 0.05) is 19.7 Å². The molecule has 4 heteroatoms. The van der Waals surface area contributed by atoms with Gasteiger partial charge in [-0.2, -0.15) is 0 Å². The van der Waals surface area contributed by atoms with Gasteiger partial charge in [-0.1, -0.05) is 40.0 Å². The molecule has 1 rings (SSSR count). The van der Waals surface area contributed by atoms with Crippen LogP contribution in [0.5, 0.6) is 0 Å². The number of carbonyl (C=O) groups is 1. The van der Waals surface area contributed by atoms with Crippen LogP contribution in [0.2, 0.25) is 0 Å². The molecule has 0 radical (unpaired) electrons. The number of nitrogens with zero attached hydrogens (tertiary/aromatic N) is 1. The summed E-state index contributed by atoms with van der Waals surface area (Å²) < 4.78 is 5.09. The molecule has 0 saturated carbocycles. The second kappa shape index (κ2) is 11.7. The third kappa shape index (κ3) is 6.24. The van der Waals surface area contributed by atoms with Crippen LogP contribution in [0, 0.1) is 0 Å². The van der Waals surface area contributed by atoms with Crippen molar-refractivity contribution < 1.29 is 9.53 Å². The maximum Gasteiger partial charge on any atom is 0.417 e. The van der Waals surface area contributed by atoms with Gasteiger partial charge in [0.05, 0.1) is 25.1 Å². The number of ether oxygens (including phenoxy) is 1. The number of rotatable bonds is 11. The summed E-state index contributed by atoms with van der Waals surface area (Å²) in [5.74, 6) is 0. The van der Waals surface area contributed by atoms with Gasteiger partial charge in [0.15, 0.2) is 0 Å². The van der Waals surface area contributed by atoms with Gasteiger partial charge in [0.1, 0.15) is 5.66 Å². The second-order valence-corrected chi connectivity index (χ2v) is 11.1. The van der Waals surface area contributed by atoms with Gasteiger partial charge in [0.2, 0.25) is 0 Å². The fourth-order valence-electron chi connectivity index (χ4n) is 3.36. The summed E-state index contributed by atoms with van der Waals surface area (Å²) in [6, 6.07) is 0. The van der Waals surface area contributed by atoms with Crippen molar-refractivity contribution in [1.82, 2.24) is 4.90 Å². The van der Waals surface area contributed by atoms with Crippen molar-refractivity contribution >= 4 is 13.4 Å². The Balaban J connectivity index is 2.90. The molecule has 0 N–H and O–H groups in total. The third-order valence-electron chi connectivity index (χ3n) is 4.87. The normalized spacial score (nSPS) is 15.1. The van der Waals surface area contributed by atoms with Gasteiger partial charge in [-0.15, -0.1) is 0 Å². The molecule has 0 aromatic heterocycles. The van der Waals surface area contributed by atoms with Gasteiger partial charge in [-0.05, 0) is 38.3 Å². The van der Waals surface area contributed by atoms with E-state index in [-0.39, 0.29) is 6.09 Å².